The van der Waals surface area contributed by atoms with Gasteiger partial charge in [-0.05, 0) is 37.8 Å². The van der Waals surface area contributed by atoms with Crippen LogP contribution in [0.5, 0.6) is 0 Å². The Morgan fingerprint density at radius 1 is 1.38 bits per heavy atom. The number of nitrogens with one attached hydrogen (secondary N) is 2. The molecule has 1 saturated carbocycles. The second-order valence-electron chi connectivity index (χ2n) is 4.47. The average molecular weight is 218 g/mol. The summed E-state index contributed by atoms with van der Waals surface area (Å²) in [5.41, 5.74) is 2.38. The fourth-order valence-electron chi connectivity index (χ4n) is 1.80. The normalized spacial score (nSPS) is 16.6. The standard InChI is InChI=1S/C13H18N2O/c1-9-5-3-4-6-12(9)10(2)14-13(16)15-11-7-8-11/h3-6,10-11H,7-8H2,1-2H3,(H2,14,15,16)/t10-/m1/s1. The Kier molecular flexibility index (Phi) is 3.13. The first-order valence-corrected chi connectivity index (χ1v) is 5.79. The van der Waals surface area contributed by atoms with Crippen molar-refractivity contribution >= 4 is 6.03 Å². The van der Waals surface area contributed by atoms with Gasteiger partial charge in [-0.1, -0.05) is 24.3 Å². The lowest BCUT2D eigenvalue weighted by Crippen LogP contribution is -2.38. The van der Waals surface area contributed by atoms with E-state index in [0.29, 0.717) is 6.04 Å². The van der Waals surface area contributed by atoms with Crippen LogP contribution in [0, 0.1) is 6.92 Å². The quantitative estimate of drug-likeness (QED) is 0.804. The Morgan fingerprint density at radius 2 is 2.06 bits per heavy atom. The molecule has 0 unspecified atom stereocenters. The minimum Gasteiger partial charge on any atom is -0.335 e. The van der Waals surface area contributed by atoms with Gasteiger partial charge in [0.1, 0.15) is 0 Å². The van der Waals surface area contributed by atoms with E-state index in [0.717, 1.165) is 12.8 Å². The molecule has 3 heteroatoms. The molecule has 0 spiro atoms. The van der Waals surface area contributed by atoms with E-state index in [1.54, 1.807) is 0 Å². The van der Waals surface area contributed by atoms with Crippen molar-refractivity contribution in [1.29, 1.82) is 0 Å². The zero-order valence-electron chi connectivity index (χ0n) is 9.79. The fourth-order valence-corrected chi connectivity index (χ4v) is 1.80. The van der Waals surface area contributed by atoms with Crippen molar-refractivity contribution < 1.29 is 4.79 Å². The minimum atomic E-state index is -0.0572. The number of carbonyl (C=O) groups excluding carboxylic acids is 1. The van der Waals surface area contributed by atoms with Gasteiger partial charge in [0, 0.05) is 6.04 Å². The fraction of sp³-hybridized carbons (Fsp3) is 0.462. The van der Waals surface area contributed by atoms with Gasteiger partial charge in [0.05, 0.1) is 6.04 Å². The van der Waals surface area contributed by atoms with Crippen molar-refractivity contribution in [1.82, 2.24) is 10.6 Å². The smallest absolute Gasteiger partial charge is 0.315 e. The summed E-state index contributed by atoms with van der Waals surface area (Å²) < 4.78 is 0. The highest BCUT2D eigenvalue weighted by atomic mass is 16.2. The molecule has 0 radical (unpaired) electrons. The first-order chi connectivity index (χ1) is 7.66. The predicted octanol–water partition coefficient (Wildman–Crippen LogP) is 2.52. The maximum atomic E-state index is 11.6. The van der Waals surface area contributed by atoms with Gasteiger partial charge in [-0.3, -0.25) is 0 Å². The maximum absolute atomic E-state index is 11.6. The van der Waals surface area contributed by atoms with Crippen molar-refractivity contribution in [2.24, 2.45) is 0 Å². The van der Waals surface area contributed by atoms with Crippen molar-refractivity contribution in [3.05, 3.63) is 35.4 Å². The van der Waals surface area contributed by atoms with Gasteiger partial charge in [-0.25, -0.2) is 4.79 Å². The highest BCUT2D eigenvalue weighted by Gasteiger charge is 2.23. The van der Waals surface area contributed by atoms with Crippen LogP contribution >= 0.6 is 0 Å². The molecule has 0 aromatic heterocycles. The van der Waals surface area contributed by atoms with Gasteiger partial charge in [0.25, 0.3) is 0 Å². The summed E-state index contributed by atoms with van der Waals surface area (Å²) in [6, 6.07) is 8.53. The molecule has 2 N–H and O–H groups in total. The van der Waals surface area contributed by atoms with E-state index in [-0.39, 0.29) is 12.1 Å². The molecule has 1 aromatic rings. The van der Waals surface area contributed by atoms with Crippen LogP contribution in [0.2, 0.25) is 0 Å². The Hall–Kier alpha value is -1.51. The summed E-state index contributed by atoms with van der Waals surface area (Å²) in [7, 11) is 0. The lowest BCUT2D eigenvalue weighted by molar-refractivity contribution is 0.237. The molecule has 1 aliphatic carbocycles. The third-order valence-electron chi connectivity index (χ3n) is 2.92. The third-order valence-corrected chi connectivity index (χ3v) is 2.92. The Morgan fingerprint density at radius 3 is 2.69 bits per heavy atom. The van der Waals surface area contributed by atoms with Gasteiger partial charge in [-0.2, -0.15) is 0 Å². The monoisotopic (exact) mass is 218 g/mol. The third kappa shape index (κ3) is 2.75. The summed E-state index contributed by atoms with van der Waals surface area (Å²) >= 11 is 0. The van der Waals surface area contributed by atoms with E-state index in [2.05, 4.69) is 29.7 Å². The van der Waals surface area contributed by atoms with Crippen LogP contribution in [0.3, 0.4) is 0 Å². The van der Waals surface area contributed by atoms with E-state index in [9.17, 15) is 4.79 Å². The van der Waals surface area contributed by atoms with E-state index >= 15 is 0 Å². The van der Waals surface area contributed by atoms with E-state index in [4.69, 9.17) is 0 Å². The van der Waals surface area contributed by atoms with Gasteiger partial charge >= 0.3 is 6.03 Å². The largest absolute Gasteiger partial charge is 0.335 e. The number of urea groups is 1. The number of hydrogen-bond donors (Lipinski definition) is 2. The van der Waals surface area contributed by atoms with Gasteiger partial charge in [0.2, 0.25) is 0 Å². The van der Waals surface area contributed by atoms with Crippen molar-refractivity contribution in [2.45, 2.75) is 38.8 Å². The van der Waals surface area contributed by atoms with E-state index < -0.39 is 0 Å². The lowest BCUT2D eigenvalue weighted by Gasteiger charge is -2.16. The molecule has 0 aliphatic heterocycles. The van der Waals surface area contributed by atoms with Gasteiger partial charge in [-0.15, -0.1) is 0 Å². The number of aryl methyl sites for hydroxylation is 1. The summed E-state index contributed by atoms with van der Waals surface area (Å²) in [4.78, 5) is 11.6. The highest BCUT2D eigenvalue weighted by molar-refractivity contribution is 5.75. The Bertz CT molecular complexity index is 385. The predicted molar refractivity (Wildman–Crippen MR) is 64.3 cm³/mol. The molecule has 1 atom stereocenters. The molecule has 2 amide bonds. The first-order valence-electron chi connectivity index (χ1n) is 5.79. The van der Waals surface area contributed by atoms with Crippen LogP contribution in [-0.2, 0) is 0 Å². The number of hydrogen-bond acceptors (Lipinski definition) is 1. The Labute approximate surface area is 96.2 Å². The molecule has 0 saturated heterocycles. The van der Waals surface area contributed by atoms with Crippen LogP contribution < -0.4 is 10.6 Å². The number of benzene rings is 1. The van der Waals surface area contributed by atoms with Crippen LogP contribution in [0.1, 0.15) is 36.9 Å². The molecule has 2 rings (SSSR count). The molecule has 16 heavy (non-hydrogen) atoms. The van der Waals surface area contributed by atoms with E-state index in [1.807, 2.05) is 19.1 Å². The minimum absolute atomic E-state index is 0.0555. The summed E-state index contributed by atoms with van der Waals surface area (Å²) in [5, 5.41) is 5.88. The second-order valence-corrected chi connectivity index (χ2v) is 4.47. The van der Waals surface area contributed by atoms with Crippen LogP contribution in [-0.4, -0.2) is 12.1 Å². The van der Waals surface area contributed by atoms with Crippen LogP contribution in [0.4, 0.5) is 4.79 Å². The zero-order valence-corrected chi connectivity index (χ0v) is 9.79. The van der Waals surface area contributed by atoms with Gasteiger partial charge < -0.3 is 10.6 Å². The van der Waals surface area contributed by atoms with Crippen molar-refractivity contribution in [3.8, 4) is 0 Å². The van der Waals surface area contributed by atoms with Crippen molar-refractivity contribution in [2.75, 3.05) is 0 Å². The topological polar surface area (TPSA) is 41.1 Å². The lowest BCUT2D eigenvalue weighted by atomic mass is 10.0. The first kappa shape index (κ1) is 11.0. The second kappa shape index (κ2) is 4.56. The number of carbonyl (C=O) groups is 1. The molecule has 3 nitrogen and oxygen atoms in total. The van der Waals surface area contributed by atoms with Crippen LogP contribution in [0.15, 0.2) is 24.3 Å². The molecule has 0 heterocycles. The molecule has 86 valence electrons. The average Bonchev–Trinajstić information content (AvgIpc) is 3.01. The molecular formula is C13H18N2O. The van der Waals surface area contributed by atoms with Gasteiger partial charge in [0.15, 0.2) is 0 Å². The summed E-state index contributed by atoms with van der Waals surface area (Å²) in [6.07, 6.45) is 2.23. The molecule has 0 bridgehead atoms. The SMILES string of the molecule is Cc1ccccc1[C@@H](C)NC(=O)NC1CC1. The van der Waals surface area contributed by atoms with Crippen LogP contribution in [0.25, 0.3) is 0 Å². The van der Waals surface area contributed by atoms with Crippen molar-refractivity contribution in [3.63, 3.8) is 0 Å². The number of amides is 2. The summed E-state index contributed by atoms with van der Waals surface area (Å²) in [5.74, 6) is 0. The molecule has 1 fully saturated rings. The Balaban J connectivity index is 1.93. The molecular weight excluding hydrogens is 200 g/mol. The number of rotatable bonds is 3. The molecule has 1 aromatic carbocycles. The summed E-state index contributed by atoms with van der Waals surface area (Å²) in [6.45, 7) is 4.07. The highest BCUT2D eigenvalue weighted by Crippen LogP contribution is 2.19. The zero-order chi connectivity index (χ0) is 11.5. The van der Waals surface area contributed by atoms with E-state index in [1.165, 1.54) is 11.1 Å². The maximum Gasteiger partial charge on any atom is 0.315 e. The molecule has 1 aliphatic rings.